The van der Waals surface area contributed by atoms with Crippen LogP contribution in [-0.4, -0.2) is 16.5 Å². The maximum absolute atomic E-state index is 4.52. The summed E-state index contributed by atoms with van der Waals surface area (Å²) >= 11 is 0. The molecule has 0 saturated heterocycles. The van der Waals surface area contributed by atoms with Gasteiger partial charge < -0.3 is 5.32 Å². The maximum Gasteiger partial charge on any atom is 0.0762 e. The minimum absolute atomic E-state index is 0.271. The molecule has 0 aliphatic heterocycles. The Bertz CT molecular complexity index is 553. The molecular formula is C17H21N3. The van der Waals surface area contributed by atoms with Crippen molar-refractivity contribution < 1.29 is 0 Å². The lowest BCUT2D eigenvalue weighted by atomic mass is 9.91. The summed E-state index contributed by atoms with van der Waals surface area (Å²) in [6, 6.07) is 9.07. The van der Waals surface area contributed by atoms with Crippen LogP contribution in [0.5, 0.6) is 0 Å². The van der Waals surface area contributed by atoms with E-state index < -0.39 is 0 Å². The molecule has 1 N–H and O–H groups in total. The van der Waals surface area contributed by atoms with Crippen molar-refractivity contribution in [3.8, 4) is 0 Å². The van der Waals surface area contributed by atoms with E-state index in [1.807, 2.05) is 6.20 Å². The Morgan fingerprint density at radius 1 is 1.30 bits per heavy atom. The highest BCUT2D eigenvalue weighted by atomic mass is 15.0. The van der Waals surface area contributed by atoms with E-state index in [0.29, 0.717) is 5.92 Å². The predicted molar refractivity (Wildman–Crippen MR) is 80.6 cm³/mol. The molecule has 3 rings (SSSR count). The second-order valence-electron chi connectivity index (χ2n) is 5.41. The molecule has 1 aromatic heterocycles. The van der Waals surface area contributed by atoms with Gasteiger partial charge in [-0.05, 0) is 36.9 Å². The quantitative estimate of drug-likeness (QED) is 0.903. The van der Waals surface area contributed by atoms with Crippen LogP contribution < -0.4 is 5.32 Å². The van der Waals surface area contributed by atoms with Crippen molar-refractivity contribution >= 4 is 0 Å². The smallest absolute Gasteiger partial charge is 0.0762 e. The van der Waals surface area contributed by atoms with Gasteiger partial charge in [-0.25, -0.2) is 0 Å². The summed E-state index contributed by atoms with van der Waals surface area (Å²) in [5, 5.41) is 3.67. The van der Waals surface area contributed by atoms with Crippen molar-refractivity contribution in [1.82, 2.24) is 15.3 Å². The number of rotatable bonds is 5. The molecule has 1 aliphatic rings. The first-order chi connectivity index (χ1) is 9.90. The average Bonchev–Trinajstić information content (AvgIpc) is 2.93. The van der Waals surface area contributed by atoms with Gasteiger partial charge >= 0.3 is 0 Å². The van der Waals surface area contributed by atoms with Gasteiger partial charge in [-0.15, -0.1) is 0 Å². The van der Waals surface area contributed by atoms with Crippen LogP contribution in [0, 0.1) is 0 Å². The number of aryl methyl sites for hydroxylation is 1. The summed E-state index contributed by atoms with van der Waals surface area (Å²) in [4.78, 5) is 8.76. The van der Waals surface area contributed by atoms with Crippen molar-refractivity contribution in [2.24, 2.45) is 0 Å². The normalized spacial score (nSPS) is 18.8. The fourth-order valence-electron chi connectivity index (χ4n) is 3.16. The zero-order chi connectivity index (χ0) is 13.8. The molecule has 0 fully saturated rings. The van der Waals surface area contributed by atoms with Crippen molar-refractivity contribution in [2.45, 2.75) is 38.1 Å². The van der Waals surface area contributed by atoms with Gasteiger partial charge in [-0.1, -0.05) is 31.2 Å². The largest absolute Gasteiger partial charge is 0.308 e. The monoisotopic (exact) mass is 267 g/mol. The third-order valence-corrected chi connectivity index (χ3v) is 4.10. The molecular weight excluding hydrogens is 246 g/mol. The minimum atomic E-state index is 0.271. The molecule has 0 spiro atoms. The van der Waals surface area contributed by atoms with E-state index in [1.54, 1.807) is 12.4 Å². The summed E-state index contributed by atoms with van der Waals surface area (Å²) in [6.07, 6.45) is 8.92. The molecule has 2 unspecified atom stereocenters. The highest BCUT2D eigenvalue weighted by Gasteiger charge is 2.30. The lowest BCUT2D eigenvalue weighted by Gasteiger charge is -2.25. The van der Waals surface area contributed by atoms with Crippen LogP contribution in [-0.2, 0) is 6.42 Å². The van der Waals surface area contributed by atoms with Crippen LogP contribution in [0.3, 0.4) is 0 Å². The maximum atomic E-state index is 4.52. The van der Waals surface area contributed by atoms with Crippen molar-refractivity contribution in [1.29, 1.82) is 0 Å². The molecule has 20 heavy (non-hydrogen) atoms. The van der Waals surface area contributed by atoms with E-state index in [9.17, 15) is 0 Å². The number of nitrogens with one attached hydrogen (secondary N) is 1. The Labute approximate surface area is 120 Å². The fourth-order valence-corrected chi connectivity index (χ4v) is 3.16. The number of aromatic nitrogens is 2. The van der Waals surface area contributed by atoms with Gasteiger partial charge in [0.2, 0.25) is 0 Å². The van der Waals surface area contributed by atoms with Gasteiger partial charge in [0.15, 0.2) is 0 Å². The van der Waals surface area contributed by atoms with E-state index in [0.717, 1.165) is 18.7 Å². The topological polar surface area (TPSA) is 37.8 Å². The Kier molecular flexibility index (Phi) is 4.07. The van der Waals surface area contributed by atoms with Crippen LogP contribution in [0.1, 0.15) is 48.5 Å². The van der Waals surface area contributed by atoms with Crippen LogP contribution in [0.15, 0.2) is 42.9 Å². The summed E-state index contributed by atoms with van der Waals surface area (Å²) in [6.45, 7) is 3.21. The number of fused-ring (bicyclic) bond motifs is 1. The Morgan fingerprint density at radius 3 is 3.00 bits per heavy atom. The number of benzene rings is 1. The average molecular weight is 267 g/mol. The molecule has 1 heterocycles. The highest BCUT2D eigenvalue weighted by Crippen LogP contribution is 2.40. The molecule has 1 aliphatic carbocycles. The molecule has 2 aromatic rings. The van der Waals surface area contributed by atoms with E-state index >= 15 is 0 Å². The van der Waals surface area contributed by atoms with Crippen LogP contribution >= 0.6 is 0 Å². The minimum Gasteiger partial charge on any atom is -0.308 e. The summed E-state index contributed by atoms with van der Waals surface area (Å²) in [5.74, 6) is 0.509. The molecule has 104 valence electrons. The van der Waals surface area contributed by atoms with Gasteiger partial charge in [-0.2, -0.15) is 0 Å². The van der Waals surface area contributed by atoms with Crippen LogP contribution in [0.25, 0.3) is 0 Å². The molecule has 3 nitrogen and oxygen atoms in total. The molecule has 3 heteroatoms. The van der Waals surface area contributed by atoms with Crippen LogP contribution in [0.4, 0.5) is 0 Å². The molecule has 0 amide bonds. The second-order valence-corrected chi connectivity index (χ2v) is 5.41. The first-order valence-corrected chi connectivity index (χ1v) is 7.47. The second kappa shape index (κ2) is 6.14. The number of hydrogen-bond donors (Lipinski definition) is 1. The molecule has 2 atom stereocenters. The summed E-state index contributed by atoms with van der Waals surface area (Å²) in [5.41, 5.74) is 4.03. The van der Waals surface area contributed by atoms with Gasteiger partial charge in [0.1, 0.15) is 0 Å². The standard InChI is InChI=1S/C17H21N3/c1-2-9-20-17(16-12-18-10-11-19-16)15-8-7-13-5-3-4-6-14(13)15/h3-6,10-12,15,17,20H,2,7-9H2,1H3. The summed E-state index contributed by atoms with van der Waals surface area (Å²) < 4.78 is 0. The van der Waals surface area contributed by atoms with Crippen LogP contribution in [0.2, 0.25) is 0 Å². The van der Waals surface area contributed by atoms with Gasteiger partial charge in [0.25, 0.3) is 0 Å². The van der Waals surface area contributed by atoms with Crippen molar-refractivity contribution in [3.63, 3.8) is 0 Å². The zero-order valence-corrected chi connectivity index (χ0v) is 11.9. The van der Waals surface area contributed by atoms with Gasteiger partial charge in [0.05, 0.1) is 11.7 Å². The van der Waals surface area contributed by atoms with E-state index in [1.165, 1.54) is 24.0 Å². The van der Waals surface area contributed by atoms with E-state index in [4.69, 9.17) is 0 Å². The Balaban J connectivity index is 1.91. The third-order valence-electron chi connectivity index (χ3n) is 4.10. The summed E-state index contributed by atoms with van der Waals surface area (Å²) in [7, 11) is 0. The van der Waals surface area contributed by atoms with Crippen molar-refractivity contribution in [3.05, 3.63) is 59.7 Å². The lowest BCUT2D eigenvalue weighted by Crippen LogP contribution is -2.28. The fraction of sp³-hybridized carbons (Fsp3) is 0.412. The Morgan fingerprint density at radius 2 is 2.20 bits per heavy atom. The third kappa shape index (κ3) is 2.59. The molecule has 0 radical (unpaired) electrons. The molecule has 1 aromatic carbocycles. The lowest BCUT2D eigenvalue weighted by molar-refractivity contribution is 0.432. The SMILES string of the molecule is CCCNC(c1cnccn1)C1CCc2ccccc21. The van der Waals surface area contributed by atoms with Gasteiger partial charge in [0, 0.05) is 24.5 Å². The van der Waals surface area contributed by atoms with E-state index in [2.05, 4.69) is 46.5 Å². The first kappa shape index (κ1) is 13.3. The number of hydrogen-bond acceptors (Lipinski definition) is 3. The Hall–Kier alpha value is -1.74. The van der Waals surface area contributed by atoms with Gasteiger partial charge in [-0.3, -0.25) is 9.97 Å². The molecule has 0 saturated carbocycles. The first-order valence-electron chi connectivity index (χ1n) is 7.47. The highest BCUT2D eigenvalue weighted by molar-refractivity contribution is 5.37. The van der Waals surface area contributed by atoms with Crippen molar-refractivity contribution in [2.75, 3.05) is 6.54 Å². The van der Waals surface area contributed by atoms with E-state index in [-0.39, 0.29) is 6.04 Å². The molecule has 0 bridgehead atoms. The predicted octanol–water partition coefficient (Wildman–Crippen LogP) is 3.25. The number of nitrogens with zero attached hydrogens (tertiary/aromatic N) is 2. The zero-order valence-electron chi connectivity index (χ0n) is 11.9.